The predicted molar refractivity (Wildman–Crippen MR) is 107 cm³/mol. The molecule has 0 aliphatic carbocycles. The maximum Gasteiger partial charge on any atom is 0.253 e. The van der Waals surface area contributed by atoms with Crippen LogP contribution in [0, 0.1) is 13.8 Å². The Balaban J connectivity index is 1.69. The maximum atomic E-state index is 12.3. The van der Waals surface area contributed by atoms with Gasteiger partial charge < -0.3 is 0 Å². The Kier molecular flexibility index (Phi) is 6.43. The zero-order valence-electron chi connectivity index (χ0n) is 15.4. The number of hydrogen-bond donors (Lipinski definition) is 0. The number of thioether (sulfide) groups is 1. The van der Waals surface area contributed by atoms with Crippen molar-refractivity contribution in [1.29, 1.82) is 0 Å². The van der Waals surface area contributed by atoms with E-state index in [-0.39, 0.29) is 0 Å². The fraction of sp³-hybridized carbons (Fsp3) is 0.421. The first-order valence-corrected chi connectivity index (χ1v) is 11.2. The Morgan fingerprint density at radius 1 is 1.15 bits per heavy atom. The van der Waals surface area contributed by atoms with E-state index in [0.29, 0.717) is 22.4 Å². The second-order valence-corrected chi connectivity index (χ2v) is 8.81. The van der Waals surface area contributed by atoms with Gasteiger partial charge in [0, 0.05) is 27.8 Å². The second kappa shape index (κ2) is 8.77. The van der Waals surface area contributed by atoms with E-state index in [0.717, 1.165) is 35.5 Å². The molecule has 1 atom stereocenters. The molecule has 0 aliphatic rings. The van der Waals surface area contributed by atoms with E-state index in [9.17, 15) is 4.21 Å². The minimum absolute atomic E-state index is 0.581. The van der Waals surface area contributed by atoms with Crippen LogP contribution in [0.2, 0.25) is 0 Å². The number of rotatable bonds is 8. The van der Waals surface area contributed by atoms with Gasteiger partial charge >= 0.3 is 0 Å². The molecule has 0 fully saturated rings. The van der Waals surface area contributed by atoms with Gasteiger partial charge in [-0.2, -0.15) is 4.98 Å². The molecule has 1 aromatic carbocycles. The molecule has 3 aromatic rings. The number of aromatic nitrogens is 4. The van der Waals surface area contributed by atoms with Gasteiger partial charge in [0.15, 0.2) is 0 Å². The molecular weight excluding hydrogens is 364 g/mol. The summed E-state index contributed by atoms with van der Waals surface area (Å²) >= 11 is 1.53. The zero-order chi connectivity index (χ0) is 18.5. The van der Waals surface area contributed by atoms with Crippen LogP contribution in [0.5, 0.6) is 0 Å². The van der Waals surface area contributed by atoms with Crippen LogP contribution in [-0.4, -0.2) is 35.3 Å². The van der Waals surface area contributed by atoms with Gasteiger partial charge in [-0.1, -0.05) is 43.3 Å². The molecule has 7 heteroatoms. The third-order valence-corrected chi connectivity index (χ3v) is 6.79. The summed E-state index contributed by atoms with van der Waals surface area (Å²) in [6, 6.07) is 9.56. The third-order valence-electron chi connectivity index (χ3n) is 4.32. The summed E-state index contributed by atoms with van der Waals surface area (Å²) in [5.74, 6) is 1.93. The van der Waals surface area contributed by atoms with Crippen molar-refractivity contribution in [3.05, 3.63) is 47.3 Å². The Hall–Kier alpha value is -1.73. The smallest absolute Gasteiger partial charge is 0.253 e. The largest absolute Gasteiger partial charge is 0.254 e. The SMILES string of the molecule is CCCCc1c(C)nc2nc(SCC[S@@](=O)c3ccccc3)nn2c1C. The predicted octanol–water partition coefficient (Wildman–Crippen LogP) is 3.98. The van der Waals surface area contributed by atoms with E-state index in [1.165, 1.54) is 17.3 Å². The first-order chi connectivity index (χ1) is 12.6. The summed E-state index contributed by atoms with van der Waals surface area (Å²) in [7, 11) is -0.989. The molecule has 0 unspecified atom stereocenters. The number of aryl methyl sites for hydroxylation is 2. The van der Waals surface area contributed by atoms with Gasteiger partial charge in [-0.05, 0) is 44.4 Å². The topological polar surface area (TPSA) is 60.2 Å². The molecule has 0 saturated heterocycles. The highest BCUT2D eigenvalue weighted by atomic mass is 32.2. The van der Waals surface area contributed by atoms with Crippen molar-refractivity contribution in [2.75, 3.05) is 11.5 Å². The van der Waals surface area contributed by atoms with Crippen LogP contribution in [0.15, 0.2) is 40.4 Å². The summed E-state index contributed by atoms with van der Waals surface area (Å²) in [6.07, 6.45) is 3.33. The van der Waals surface area contributed by atoms with Crippen LogP contribution >= 0.6 is 11.8 Å². The lowest BCUT2D eigenvalue weighted by molar-refractivity contribution is 0.684. The molecule has 0 spiro atoms. The minimum Gasteiger partial charge on any atom is -0.254 e. The van der Waals surface area contributed by atoms with Crippen molar-refractivity contribution in [3.63, 3.8) is 0 Å². The van der Waals surface area contributed by atoms with Crippen LogP contribution in [-0.2, 0) is 17.2 Å². The first-order valence-electron chi connectivity index (χ1n) is 8.89. The van der Waals surface area contributed by atoms with Crippen molar-refractivity contribution in [1.82, 2.24) is 19.6 Å². The van der Waals surface area contributed by atoms with E-state index >= 15 is 0 Å². The molecule has 5 nitrogen and oxygen atoms in total. The highest BCUT2D eigenvalue weighted by Gasteiger charge is 2.14. The average Bonchev–Trinajstić information content (AvgIpc) is 3.05. The summed E-state index contributed by atoms with van der Waals surface area (Å²) in [5.41, 5.74) is 3.43. The van der Waals surface area contributed by atoms with Gasteiger partial charge in [-0.15, -0.1) is 5.10 Å². The summed E-state index contributed by atoms with van der Waals surface area (Å²) in [5, 5.41) is 5.29. The van der Waals surface area contributed by atoms with Crippen LogP contribution in [0.25, 0.3) is 5.78 Å². The van der Waals surface area contributed by atoms with Crippen molar-refractivity contribution >= 4 is 28.3 Å². The lowest BCUT2D eigenvalue weighted by atomic mass is 10.1. The zero-order valence-corrected chi connectivity index (χ0v) is 17.1. The lowest BCUT2D eigenvalue weighted by Crippen LogP contribution is -2.05. The molecule has 3 rings (SSSR count). The number of benzene rings is 1. The standard InChI is InChI=1S/C19H24N4OS2/c1-4-5-11-17-14(2)20-18-21-19(22-23(18)15(17)3)25-12-13-26(24)16-9-7-6-8-10-16/h6-10H,4-5,11-13H2,1-3H3/t26-/m1/s1. The van der Waals surface area contributed by atoms with Gasteiger partial charge in [0.25, 0.3) is 5.78 Å². The minimum atomic E-state index is -0.989. The Morgan fingerprint density at radius 2 is 1.92 bits per heavy atom. The van der Waals surface area contributed by atoms with Gasteiger partial charge in [0.1, 0.15) is 0 Å². The maximum absolute atomic E-state index is 12.3. The van der Waals surface area contributed by atoms with Crippen molar-refractivity contribution in [3.8, 4) is 0 Å². The molecule has 0 bridgehead atoms. The fourth-order valence-corrected chi connectivity index (χ4v) is 4.97. The number of fused-ring (bicyclic) bond motifs is 1. The average molecular weight is 389 g/mol. The molecule has 0 N–H and O–H groups in total. The van der Waals surface area contributed by atoms with E-state index in [2.05, 4.69) is 28.9 Å². The first kappa shape index (κ1) is 19.0. The molecule has 0 saturated carbocycles. The third kappa shape index (κ3) is 4.32. The molecule has 0 amide bonds. The van der Waals surface area contributed by atoms with E-state index in [1.54, 1.807) is 0 Å². The number of nitrogens with zero attached hydrogens (tertiary/aromatic N) is 4. The number of hydrogen-bond acceptors (Lipinski definition) is 5. The monoisotopic (exact) mass is 388 g/mol. The van der Waals surface area contributed by atoms with E-state index < -0.39 is 10.8 Å². The summed E-state index contributed by atoms with van der Waals surface area (Å²) < 4.78 is 14.1. The van der Waals surface area contributed by atoms with E-state index in [4.69, 9.17) is 0 Å². The molecule has 2 aromatic heterocycles. The van der Waals surface area contributed by atoms with Gasteiger partial charge in [-0.3, -0.25) is 4.21 Å². The molecule has 0 aliphatic heterocycles. The number of unbranched alkanes of at least 4 members (excludes halogenated alkanes) is 1. The summed E-state index contributed by atoms with van der Waals surface area (Å²) in [4.78, 5) is 10.0. The van der Waals surface area contributed by atoms with Crippen LogP contribution in [0.4, 0.5) is 0 Å². The van der Waals surface area contributed by atoms with Crippen molar-refractivity contribution in [2.24, 2.45) is 0 Å². The van der Waals surface area contributed by atoms with Gasteiger partial charge in [-0.25, -0.2) is 9.50 Å². The Morgan fingerprint density at radius 3 is 2.65 bits per heavy atom. The molecule has 2 heterocycles. The van der Waals surface area contributed by atoms with Crippen molar-refractivity contribution in [2.45, 2.75) is 50.1 Å². The van der Waals surface area contributed by atoms with Gasteiger partial charge in [0.05, 0.1) is 10.8 Å². The summed E-state index contributed by atoms with van der Waals surface area (Å²) in [6.45, 7) is 6.32. The van der Waals surface area contributed by atoms with E-state index in [1.807, 2.05) is 41.8 Å². The lowest BCUT2D eigenvalue weighted by Gasteiger charge is -2.09. The van der Waals surface area contributed by atoms with Crippen LogP contribution in [0.1, 0.15) is 36.7 Å². The highest BCUT2D eigenvalue weighted by molar-refractivity contribution is 8.00. The fourth-order valence-electron chi connectivity index (χ4n) is 2.87. The van der Waals surface area contributed by atoms with Crippen LogP contribution < -0.4 is 0 Å². The normalized spacial score (nSPS) is 12.6. The van der Waals surface area contributed by atoms with Crippen LogP contribution in [0.3, 0.4) is 0 Å². The van der Waals surface area contributed by atoms with Crippen molar-refractivity contribution < 1.29 is 4.21 Å². The molecule has 0 radical (unpaired) electrons. The molecule has 26 heavy (non-hydrogen) atoms. The molecule has 138 valence electrons. The molecular formula is C19H24N4OS2. The highest BCUT2D eigenvalue weighted by Crippen LogP contribution is 2.20. The quantitative estimate of drug-likeness (QED) is 0.546. The Labute approximate surface area is 161 Å². The second-order valence-electron chi connectivity index (χ2n) is 6.18. The van der Waals surface area contributed by atoms with Gasteiger partial charge in [0.2, 0.25) is 5.16 Å². The Bertz CT molecular complexity index is 909.